The molecule has 1 aliphatic heterocycles. The number of amides is 2. The van der Waals surface area contributed by atoms with Crippen LogP contribution in [0.5, 0.6) is 0 Å². The summed E-state index contributed by atoms with van der Waals surface area (Å²) in [7, 11) is 4.97. The first kappa shape index (κ1) is 17.1. The average molecular weight is 349 g/mol. The second-order valence-electron chi connectivity index (χ2n) is 6.34. The van der Waals surface area contributed by atoms with Gasteiger partial charge in [-0.05, 0) is 6.07 Å². The molecular formula is C15H20FN7O2. The molecule has 0 aromatic carbocycles. The third kappa shape index (κ3) is 3.52. The lowest BCUT2D eigenvalue weighted by molar-refractivity contribution is 0.0707. The van der Waals surface area contributed by atoms with Crippen LogP contribution in [0.25, 0.3) is 0 Å². The van der Waals surface area contributed by atoms with Crippen LogP contribution in [0, 0.1) is 0 Å². The van der Waals surface area contributed by atoms with Crippen molar-refractivity contribution in [3.05, 3.63) is 29.8 Å². The minimum absolute atomic E-state index is 0.0260. The van der Waals surface area contributed by atoms with E-state index in [1.807, 2.05) is 0 Å². The van der Waals surface area contributed by atoms with Crippen LogP contribution >= 0.6 is 0 Å². The highest BCUT2D eigenvalue weighted by Crippen LogP contribution is 2.23. The van der Waals surface area contributed by atoms with Crippen molar-refractivity contribution >= 4 is 11.8 Å². The van der Waals surface area contributed by atoms with E-state index in [9.17, 15) is 14.0 Å². The summed E-state index contributed by atoms with van der Waals surface area (Å²) in [5.74, 6) is -0.571. The molecule has 134 valence electrons. The van der Waals surface area contributed by atoms with Crippen molar-refractivity contribution in [3.63, 3.8) is 0 Å². The largest absolute Gasteiger partial charge is 0.343 e. The lowest BCUT2D eigenvalue weighted by Gasteiger charge is -2.23. The lowest BCUT2D eigenvalue weighted by atomic mass is 10.2. The molecule has 25 heavy (non-hydrogen) atoms. The van der Waals surface area contributed by atoms with Gasteiger partial charge in [-0.1, -0.05) is 5.21 Å². The van der Waals surface area contributed by atoms with E-state index in [2.05, 4.69) is 15.4 Å². The minimum atomic E-state index is -1.09. The Hall–Kier alpha value is -2.78. The van der Waals surface area contributed by atoms with Crippen LogP contribution in [0.4, 0.5) is 4.39 Å². The third-order valence-electron chi connectivity index (χ3n) is 4.12. The summed E-state index contributed by atoms with van der Waals surface area (Å²) in [6.45, 7) is 0.297. The molecule has 1 aliphatic rings. The smallest absolute Gasteiger partial charge is 0.275 e. The SMILES string of the molecule is CN(C)C(=O)c1cn(C[C@@H]2C[C@H](F)CN2C(=O)c2ccn(C)n2)nn1. The van der Waals surface area contributed by atoms with E-state index in [0.717, 1.165) is 0 Å². The number of carbonyl (C=O) groups excluding carboxylic acids is 2. The number of carbonyl (C=O) groups is 2. The summed E-state index contributed by atoms with van der Waals surface area (Å²) >= 11 is 0. The molecule has 9 nitrogen and oxygen atoms in total. The summed E-state index contributed by atoms with van der Waals surface area (Å²) < 4.78 is 16.9. The standard InChI is InChI=1S/C15H20FN7O2/c1-20(2)14(24)13-9-22(19-17-13)8-11-6-10(16)7-23(11)15(25)12-4-5-21(3)18-12/h4-5,9-11H,6-8H2,1-3H3/t10-,11-/m0/s1. The molecule has 1 fully saturated rings. The van der Waals surface area contributed by atoms with Gasteiger partial charge in [-0.25, -0.2) is 9.07 Å². The fraction of sp³-hybridized carbons (Fsp3) is 0.533. The zero-order valence-electron chi connectivity index (χ0n) is 14.3. The molecule has 1 saturated heterocycles. The van der Waals surface area contributed by atoms with Gasteiger partial charge in [-0.3, -0.25) is 14.3 Å². The number of hydrogen-bond acceptors (Lipinski definition) is 5. The number of aryl methyl sites for hydroxylation is 1. The van der Waals surface area contributed by atoms with Gasteiger partial charge in [-0.15, -0.1) is 5.10 Å². The first-order valence-electron chi connectivity index (χ1n) is 7.91. The van der Waals surface area contributed by atoms with Crippen molar-refractivity contribution in [1.82, 2.24) is 34.6 Å². The fourth-order valence-electron chi connectivity index (χ4n) is 2.89. The highest BCUT2D eigenvalue weighted by Gasteiger charge is 2.37. The number of halogens is 1. The van der Waals surface area contributed by atoms with E-state index in [0.29, 0.717) is 0 Å². The molecule has 3 rings (SSSR count). The van der Waals surface area contributed by atoms with Crippen molar-refractivity contribution in [2.24, 2.45) is 7.05 Å². The lowest BCUT2D eigenvalue weighted by Crippen LogP contribution is -2.38. The van der Waals surface area contributed by atoms with Crippen molar-refractivity contribution in [1.29, 1.82) is 0 Å². The van der Waals surface area contributed by atoms with Crippen LogP contribution in [0.1, 0.15) is 27.4 Å². The van der Waals surface area contributed by atoms with Crippen LogP contribution in [-0.2, 0) is 13.6 Å². The topological polar surface area (TPSA) is 89.2 Å². The van der Waals surface area contributed by atoms with Gasteiger partial charge in [-0.2, -0.15) is 5.10 Å². The Labute approximate surface area is 144 Å². The molecule has 2 aromatic heterocycles. The molecule has 0 spiro atoms. The van der Waals surface area contributed by atoms with Crippen LogP contribution < -0.4 is 0 Å². The predicted octanol–water partition coefficient (Wildman–Crippen LogP) is -0.0338. The number of nitrogens with zero attached hydrogens (tertiary/aromatic N) is 7. The van der Waals surface area contributed by atoms with Crippen molar-refractivity contribution in [2.75, 3.05) is 20.6 Å². The number of rotatable bonds is 4. The van der Waals surface area contributed by atoms with Crippen molar-refractivity contribution in [2.45, 2.75) is 25.2 Å². The quantitative estimate of drug-likeness (QED) is 0.773. The molecule has 0 unspecified atom stereocenters. The Morgan fingerprint density at radius 3 is 2.76 bits per heavy atom. The van der Waals surface area contributed by atoms with Crippen molar-refractivity contribution < 1.29 is 14.0 Å². The Kier molecular flexibility index (Phi) is 4.51. The second kappa shape index (κ2) is 6.61. The van der Waals surface area contributed by atoms with Gasteiger partial charge in [0.2, 0.25) is 0 Å². The molecule has 0 radical (unpaired) electrons. The van der Waals surface area contributed by atoms with Crippen molar-refractivity contribution in [3.8, 4) is 0 Å². The summed E-state index contributed by atoms with van der Waals surface area (Å²) in [6, 6.07) is 1.24. The first-order chi connectivity index (χ1) is 11.8. The van der Waals surface area contributed by atoms with Crippen LogP contribution in [-0.4, -0.2) is 79.2 Å². The van der Waals surface area contributed by atoms with Crippen LogP contribution in [0.3, 0.4) is 0 Å². The summed E-state index contributed by atoms with van der Waals surface area (Å²) in [5, 5.41) is 11.8. The molecule has 0 N–H and O–H groups in total. The average Bonchev–Trinajstić information content (AvgIpc) is 3.27. The van der Waals surface area contributed by atoms with Gasteiger partial charge >= 0.3 is 0 Å². The number of likely N-dealkylation sites (tertiary alicyclic amines) is 1. The van der Waals surface area contributed by atoms with Gasteiger partial charge in [0.1, 0.15) is 11.9 Å². The highest BCUT2D eigenvalue weighted by atomic mass is 19.1. The Balaban J connectivity index is 1.74. The molecule has 3 heterocycles. The first-order valence-corrected chi connectivity index (χ1v) is 7.91. The molecule has 10 heteroatoms. The van der Waals surface area contributed by atoms with Gasteiger partial charge in [0.15, 0.2) is 5.69 Å². The van der Waals surface area contributed by atoms with E-state index in [1.54, 1.807) is 33.4 Å². The van der Waals surface area contributed by atoms with E-state index < -0.39 is 6.17 Å². The molecular weight excluding hydrogens is 329 g/mol. The minimum Gasteiger partial charge on any atom is -0.343 e. The number of hydrogen-bond donors (Lipinski definition) is 0. The number of alkyl halides is 1. The predicted molar refractivity (Wildman–Crippen MR) is 85.6 cm³/mol. The van der Waals surface area contributed by atoms with E-state index in [-0.39, 0.29) is 48.8 Å². The molecule has 0 saturated carbocycles. The molecule has 0 aliphatic carbocycles. The van der Waals surface area contributed by atoms with E-state index in [1.165, 1.54) is 25.4 Å². The summed E-state index contributed by atoms with van der Waals surface area (Å²) in [6.07, 6.45) is 2.30. The monoisotopic (exact) mass is 349 g/mol. The molecule has 0 bridgehead atoms. The second-order valence-corrected chi connectivity index (χ2v) is 6.34. The zero-order valence-corrected chi connectivity index (χ0v) is 14.3. The maximum absolute atomic E-state index is 13.9. The molecule has 2 aromatic rings. The third-order valence-corrected chi connectivity index (χ3v) is 4.12. The van der Waals surface area contributed by atoms with Gasteiger partial charge in [0.05, 0.1) is 25.3 Å². The Bertz CT molecular complexity index is 784. The van der Waals surface area contributed by atoms with Crippen LogP contribution in [0.2, 0.25) is 0 Å². The van der Waals surface area contributed by atoms with Gasteiger partial charge in [0, 0.05) is 33.8 Å². The normalized spacial score (nSPS) is 20.1. The van der Waals surface area contributed by atoms with E-state index in [4.69, 9.17) is 0 Å². The highest BCUT2D eigenvalue weighted by molar-refractivity contribution is 5.92. The number of aromatic nitrogens is 5. The Morgan fingerprint density at radius 1 is 1.36 bits per heavy atom. The maximum atomic E-state index is 13.9. The van der Waals surface area contributed by atoms with E-state index >= 15 is 0 Å². The van der Waals surface area contributed by atoms with Crippen LogP contribution in [0.15, 0.2) is 18.5 Å². The van der Waals surface area contributed by atoms with Gasteiger partial charge < -0.3 is 9.80 Å². The van der Waals surface area contributed by atoms with Gasteiger partial charge in [0.25, 0.3) is 11.8 Å². The zero-order chi connectivity index (χ0) is 18.1. The molecule has 2 atom stereocenters. The summed E-state index contributed by atoms with van der Waals surface area (Å²) in [4.78, 5) is 27.3. The summed E-state index contributed by atoms with van der Waals surface area (Å²) in [5.41, 5.74) is 0.492. The fourth-order valence-corrected chi connectivity index (χ4v) is 2.89. The Morgan fingerprint density at radius 2 is 2.12 bits per heavy atom. The maximum Gasteiger partial charge on any atom is 0.275 e. The molecule has 2 amide bonds.